The van der Waals surface area contributed by atoms with Gasteiger partial charge in [-0.2, -0.15) is 13.2 Å². The zero-order valence-electron chi connectivity index (χ0n) is 16.5. The van der Waals surface area contributed by atoms with Crippen molar-refractivity contribution in [1.82, 2.24) is 14.9 Å². The third-order valence-corrected chi connectivity index (χ3v) is 5.30. The second-order valence-electron chi connectivity index (χ2n) is 6.27. The SMILES string of the molecule is COc1cccc(OCc2nnc(SCC(=O)Nc3ccc(Cl)c(C(F)(F)F)c3)n2N)c1. The molecule has 0 aliphatic carbocycles. The second kappa shape index (κ2) is 10.0. The molecule has 3 aromatic rings. The number of amides is 1. The summed E-state index contributed by atoms with van der Waals surface area (Å²) in [5.74, 6) is 6.71. The van der Waals surface area contributed by atoms with E-state index < -0.39 is 22.7 Å². The van der Waals surface area contributed by atoms with Gasteiger partial charge in [0.2, 0.25) is 11.1 Å². The Kier molecular flexibility index (Phi) is 7.36. The molecule has 0 unspecified atom stereocenters. The lowest BCUT2D eigenvalue weighted by Crippen LogP contribution is -2.18. The van der Waals surface area contributed by atoms with Gasteiger partial charge in [-0.05, 0) is 30.3 Å². The van der Waals surface area contributed by atoms with E-state index in [1.807, 2.05) is 0 Å². The maximum absolute atomic E-state index is 12.9. The van der Waals surface area contributed by atoms with Crippen LogP contribution in [0, 0.1) is 0 Å². The van der Waals surface area contributed by atoms with Crippen LogP contribution in [0.1, 0.15) is 11.4 Å². The van der Waals surface area contributed by atoms with Gasteiger partial charge in [-0.1, -0.05) is 29.4 Å². The molecule has 0 spiro atoms. The number of ether oxygens (including phenoxy) is 2. The summed E-state index contributed by atoms with van der Waals surface area (Å²) in [5, 5.41) is 9.98. The molecular weight excluding hydrogens is 471 g/mol. The Labute approximate surface area is 189 Å². The third-order valence-electron chi connectivity index (χ3n) is 4.03. The van der Waals surface area contributed by atoms with Crippen molar-refractivity contribution in [2.24, 2.45) is 0 Å². The number of nitrogen functional groups attached to an aromatic ring is 1. The molecule has 170 valence electrons. The van der Waals surface area contributed by atoms with Crippen LogP contribution in [0.15, 0.2) is 47.6 Å². The van der Waals surface area contributed by atoms with Crippen LogP contribution in [0.3, 0.4) is 0 Å². The summed E-state index contributed by atoms with van der Waals surface area (Å²) in [7, 11) is 1.54. The van der Waals surface area contributed by atoms with Gasteiger partial charge in [0, 0.05) is 11.8 Å². The van der Waals surface area contributed by atoms with Crippen molar-refractivity contribution < 1.29 is 27.4 Å². The molecule has 8 nitrogen and oxygen atoms in total. The Morgan fingerprint density at radius 1 is 1.22 bits per heavy atom. The molecule has 0 aliphatic heterocycles. The highest BCUT2D eigenvalue weighted by molar-refractivity contribution is 7.99. The summed E-state index contributed by atoms with van der Waals surface area (Å²) >= 11 is 6.54. The first-order chi connectivity index (χ1) is 15.2. The van der Waals surface area contributed by atoms with E-state index in [1.54, 1.807) is 24.3 Å². The first-order valence-corrected chi connectivity index (χ1v) is 10.3. The molecule has 0 atom stereocenters. The summed E-state index contributed by atoms with van der Waals surface area (Å²) in [6, 6.07) is 10.1. The van der Waals surface area contributed by atoms with E-state index in [0.717, 1.165) is 23.9 Å². The molecular formula is C19H17ClF3N5O3S. The van der Waals surface area contributed by atoms with Crippen molar-refractivity contribution in [2.75, 3.05) is 24.0 Å². The van der Waals surface area contributed by atoms with Gasteiger partial charge in [0.1, 0.15) is 18.1 Å². The van der Waals surface area contributed by atoms with E-state index in [2.05, 4.69) is 15.5 Å². The first kappa shape index (κ1) is 23.5. The van der Waals surface area contributed by atoms with Gasteiger partial charge in [0.25, 0.3) is 0 Å². The molecule has 0 radical (unpaired) electrons. The van der Waals surface area contributed by atoms with Crippen LogP contribution in [0.5, 0.6) is 11.5 Å². The topological polar surface area (TPSA) is 104 Å². The van der Waals surface area contributed by atoms with Crippen LogP contribution >= 0.6 is 23.4 Å². The Balaban J connectivity index is 1.56. The van der Waals surface area contributed by atoms with Crippen molar-refractivity contribution in [2.45, 2.75) is 17.9 Å². The number of hydrogen-bond donors (Lipinski definition) is 2. The third kappa shape index (κ3) is 5.98. The zero-order chi connectivity index (χ0) is 23.3. The number of thioether (sulfide) groups is 1. The number of benzene rings is 2. The van der Waals surface area contributed by atoms with Crippen LogP contribution in [0.4, 0.5) is 18.9 Å². The summed E-state index contributed by atoms with van der Waals surface area (Å²) in [6.45, 7) is 0.0222. The number of methoxy groups -OCH3 is 1. The number of nitrogens with two attached hydrogens (primary N) is 1. The number of carbonyl (C=O) groups excluding carboxylic acids is 1. The number of alkyl halides is 3. The van der Waals surface area contributed by atoms with Gasteiger partial charge < -0.3 is 20.6 Å². The summed E-state index contributed by atoms with van der Waals surface area (Å²) in [4.78, 5) is 12.1. The number of anilines is 1. The van der Waals surface area contributed by atoms with Crippen molar-refractivity contribution in [3.63, 3.8) is 0 Å². The van der Waals surface area contributed by atoms with Gasteiger partial charge in [0.15, 0.2) is 5.82 Å². The van der Waals surface area contributed by atoms with E-state index in [9.17, 15) is 18.0 Å². The lowest BCUT2D eigenvalue weighted by molar-refractivity contribution is -0.137. The summed E-state index contributed by atoms with van der Waals surface area (Å²) in [6.07, 6.45) is -4.63. The highest BCUT2D eigenvalue weighted by Gasteiger charge is 2.33. The minimum atomic E-state index is -4.63. The summed E-state index contributed by atoms with van der Waals surface area (Å²) in [5.41, 5.74) is -1.07. The maximum atomic E-state index is 12.9. The minimum Gasteiger partial charge on any atom is -0.497 e. The number of carbonyl (C=O) groups is 1. The highest BCUT2D eigenvalue weighted by atomic mass is 35.5. The molecule has 2 aromatic carbocycles. The number of nitrogens with zero attached hydrogens (tertiary/aromatic N) is 3. The van der Waals surface area contributed by atoms with E-state index in [0.29, 0.717) is 17.3 Å². The van der Waals surface area contributed by atoms with Crippen LogP contribution < -0.4 is 20.6 Å². The lowest BCUT2D eigenvalue weighted by Gasteiger charge is -2.11. The van der Waals surface area contributed by atoms with Crippen LogP contribution in [0.2, 0.25) is 5.02 Å². The van der Waals surface area contributed by atoms with Gasteiger partial charge in [-0.25, -0.2) is 4.68 Å². The quantitative estimate of drug-likeness (QED) is 0.366. The smallest absolute Gasteiger partial charge is 0.417 e. The molecule has 1 amide bonds. The molecule has 1 aromatic heterocycles. The lowest BCUT2D eigenvalue weighted by atomic mass is 10.2. The number of nitrogens with one attached hydrogen (secondary N) is 1. The Morgan fingerprint density at radius 3 is 2.69 bits per heavy atom. The standard InChI is InChI=1S/C19H17ClF3N5O3S/c1-30-12-3-2-4-13(8-12)31-9-16-26-27-18(28(16)24)32-10-17(29)25-11-5-6-15(20)14(7-11)19(21,22)23/h2-8H,9-10,24H2,1H3,(H,25,29). The van der Waals surface area contributed by atoms with E-state index in [-0.39, 0.29) is 23.2 Å². The average Bonchev–Trinajstić information content (AvgIpc) is 3.11. The maximum Gasteiger partial charge on any atom is 0.417 e. The van der Waals surface area contributed by atoms with Gasteiger partial charge in [-0.3, -0.25) is 4.79 Å². The van der Waals surface area contributed by atoms with Crippen molar-refractivity contribution in [3.8, 4) is 11.5 Å². The van der Waals surface area contributed by atoms with Crippen LogP contribution in [0.25, 0.3) is 0 Å². The normalized spacial score (nSPS) is 11.3. The second-order valence-corrected chi connectivity index (χ2v) is 7.62. The van der Waals surface area contributed by atoms with Gasteiger partial charge >= 0.3 is 6.18 Å². The van der Waals surface area contributed by atoms with Crippen LogP contribution in [-0.4, -0.2) is 33.6 Å². The zero-order valence-corrected chi connectivity index (χ0v) is 18.1. The fourth-order valence-electron chi connectivity index (χ4n) is 2.49. The number of hydrogen-bond acceptors (Lipinski definition) is 7. The molecule has 3 rings (SSSR count). The monoisotopic (exact) mass is 487 g/mol. The minimum absolute atomic E-state index is 0.0222. The largest absolute Gasteiger partial charge is 0.497 e. The van der Waals surface area contributed by atoms with E-state index in [4.69, 9.17) is 26.9 Å². The Hall–Kier alpha value is -3.12. The van der Waals surface area contributed by atoms with Crippen LogP contribution in [-0.2, 0) is 17.6 Å². The molecule has 0 fully saturated rings. The van der Waals surface area contributed by atoms with E-state index >= 15 is 0 Å². The summed E-state index contributed by atoms with van der Waals surface area (Å²) < 4.78 is 50.7. The average molecular weight is 488 g/mol. The Morgan fingerprint density at radius 2 is 1.97 bits per heavy atom. The van der Waals surface area contributed by atoms with Gasteiger partial charge in [-0.15, -0.1) is 10.2 Å². The molecule has 0 saturated carbocycles. The fraction of sp³-hybridized carbons (Fsp3) is 0.211. The highest BCUT2D eigenvalue weighted by Crippen LogP contribution is 2.36. The van der Waals surface area contributed by atoms with Crippen molar-refractivity contribution >= 4 is 35.0 Å². The molecule has 0 saturated heterocycles. The molecule has 32 heavy (non-hydrogen) atoms. The first-order valence-electron chi connectivity index (χ1n) is 8.93. The van der Waals surface area contributed by atoms with Crippen molar-refractivity contribution in [1.29, 1.82) is 0 Å². The van der Waals surface area contributed by atoms with Gasteiger partial charge in [0.05, 0.1) is 23.4 Å². The van der Waals surface area contributed by atoms with E-state index in [1.165, 1.54) is 17.9 Å². The predicted molar refractivity (Wildman–Crippen MR) is 113 cm³/mol. The molecule has 13 heteroatoms. The van der Waals surface area contributed by atoms with Crippen molar-refractivity contribution in [3.05, 3.63) is 58.9 Å². The fourth-order valence-corrected chi connectivity index (χ4v) is 3.39. The molecule has 3 N–H and O–H groups in total. The Bertz CT molecular complexity index is 1110. The number of rotatable bonds is 8. The number of aromatic nitrogens is 3. The predicted octanol–water partition coefficient (Wildman–Crippen LogP) is 3.98. The number of halogens is 4. The molecule has 1 heterocycles. The molecule has 0 aliphatic rings. The molecule has 0 bridgehead atoms.